The van der Waals surface area contributed by atoms with Gasteiger partial charge in [-0.25, -0.2) is 0 Å². The Kier molecular flexibility index (Phi) is 10.5. The van der Waals surface area contributed by atoms with Gasteiger partial charge in [-0.2, -0.15) is 13.2 Å². The molecule has 0 aliphatic carbocycles. The van der Waals surface area contributed by atoms with Gasteiger partial charge >= 0.3 is 57.6 Å². The Labute approximate surface area is 121 Å². The van der Waals surface area contributed by atoms with Gasteiger partial charge in [0.1, 0.15) is 0 Å². The quantitative estimate of drug-likeness (QED) is 0.292. The molecule has 0 rings (SSSR count). The molecular weight excluding hydrogens is 237 g/mol. The summed E-state index contributed by atoms with van der Waals surface area (Å²) in [6.07, 6.45) is -11.1. The Morgan fingerprint density at radius 3 is 1.93 bits per heavy atom. The van der Waals surface area contributed by atoms with Gasteiger partial charge in [-0.1, -0.05) is 6.42 Å². The van der Waals surface area contributed by atoms with E-state index in [1.54, 1.807) is 0 Å². The topological polar surface area (TPSA) is 0 Å². The summed E-state index contributed by atoms with van der Waals surface area (Å²) in [5.74, 6) is 0. The van der Waals surface area contributed by atoms with Crippen molar-refractivity contribution in [1.82, 2.24) is 0 Å². The summed E-state index contributed by atoms with van der Waals surface area (Å²) in [4.78, 5) is 0. The van der Waals surface area contributed by atoms with Gasteiger partial charge in [-0.3, -0.25) is 4.39 Å². The molecule has 1 unspecified atom stereocenters. The third kappa shape index (κ3) is 11.3. The molecule has 0 heterocycles. The summed E-state index contributed by atoms with van der Waals surface area (Å²) in [5.41, 5.74) is 0. The molecule has 14 heavy (non-hydrogen) atoms. The Hall–Kier alpha value is 1.22. The van der Waals surface area contributed by atoms with Crippen LogP contribution in [0.2, 0.25) is 0 Å². The maximum atomic E-state index is 12.1. The molecule has 0 amide bonds. The van der Waals surface area contributed by atoms with Gasteiger partial charge in [0.25, 0.3) is 0 Å². The third-order valence-electron chi connectivity index (χ3n) is 1.40. The molecule has 0 bridgehead atoms. The van der Waals surface area contributed by atoms with Gasteiger partial charge in [0.05, 0.1) is 0 Å². The summed E-state index contributed by atoms with van der Waals surface area (Å²) in [6.45, 7) is 0. The molecule has 80 valence electrons. The van der Waals surface area contributed by atoms with Crippen molar-refractivity contribution in [2.24, 2.45) is 0 Å². The minimum absolute atomic E-state index is 0. The SMILES string of the molecule is F[C-](F)C(F)CCCCC(F)(F)F.[K+]. The van der Waals surface area contributed by atoms with Crippen molar-refractivity contribution in [1.29, 1.82) is 0 Å². The first kappa shape index (κ1) is 17.6. The molecule has 7 heteroatoms. The maximum Gasteiger partial charge on any atom is 1.00 e. The standard InChI is InChI=1S/C7H9F6.K/c8-5(6(9)10)3-1-2-4-7(11,12)13;/h5H,1-4H2;/q-1;+1. The molecule has 0 saturated carbocycles. The van der Waals surface area contributed by atoms with Crippen LogP contribution in [0.25, 0.3) is 0 Å². The van der Waals surface area contributed by atoms with Crippen molar-refractivity contribution >= 4 is 0 Å². The summed E-state index contributed by atoms with van der Waals surface area (Å²) in [7, 11) is 0. The minimum Gasteiger partial charge on any atom is -0.418 e. The van der Waals surface area contributed by atoms with Crippen LogP contribution in [0.4, 0.5) is 26.3 Å². The number of hydrogen-bond acceptors (Lipinski definition) is 0. The van der Waals surface area contributed by atoms with Crippen LogP contribution < -0.4 is 51.4 Å². The van der Waals surface area contributed by atoms with Gasteiger partial charge in [0.2, 0.25) is 0 Å². The van der Waals surface area contributed by atoms with E-state index in [2.05, 4.69) is 0 Å². The summed E-state index contributed by atoms with van der Waals surface area (Å²) >= 11 is 0. The fourth-order valence-electron chi connectivity index (χ4n) is 0.758. The zero-order valence-corrected chi connectivity index (χ0v) is 10.8. The molecule has 0 radical (unpaired) electrons. The molecular formula is C7H9F6K. The number of unbranched alkanes of at least 4 members (excludes halogenated alkanes) is 1. The van der Waals surface area contributed by atoms with Crippen LogP contribution in [0.15, 0.2) is 0 Å². The monoisotopic (exact) mass is 246 g/mol. The molecule has 1 atom stereocenters. The molecule has 0 saturated heterocycles. The van der Waals surface area contributed by atoms with Gasteiger partial charge in [0, 0.05) is 19.0 Å². The van der Waals surface area contributed by atoms with E-state index in [4.69, 9.17) is 0 Å². The van der Waals surface area contributed by atoms with E-state index >= 15 is 0 Å². The van der Waals surface area contributed by atoms with Crippen molar-refractivity contribution in [3.05, 3.63) is 6.43 Å². The molecule has 0 aromatic heterocycles. The predicted molar refractivity (Wildman–Crippen MR) is 34.9 cm³/mol. The third-order valence-corrected chi connectivity index (χ3v) is 1.40. The fraction of sp³-hybridized carbons (Fsp3) is 0.857. The molecule has 0 N–H and O–H groups in total. The number of rotatable bonds is 5. The van der Waals surface area contributed by atoms with Gasteiger partial charge < -0.3 is 8.78 Å². The van der Waals surface area contributed by atoms with E-state index < -0.39 is 31.6 Å². The normalized spacial score (nSPS) is 13.9. The van der Waals surface area contributed by atoms with E-state index in [1.165, 1.54) is 0 Å². The average Bonchev–Trinajstić information content (AvgIpc) is 1.95. The van der Waals surface area contributed by atoms with Crippen molar-refractivity contribution in [2.45, 2.75) is 38.0 Å². The van der Waals surface area contributed by atoms with Crippen LogP contribution in [-0.4, -0.2) is 12.3 Å². The number of alkyl halides is 4. The van der Waals surface area contributed by atoms with Crippen LogP contribution in [0.3, 0.4) is 0 Å². The Morgan fingerprint density at radius 2 is 1.57 bits per heavy atom. The van der Waals surface area contributed by atoms with Gasteiger partial charge in [0.15, 0.2) is 0 Å². The zero-order chi connectivity index (χ0) is 10.5. The molecule has 0 aromatic carbocycles. The van der Waals surface area contributed by atoms with Crippen LogP contribution in [0.5, 0.6) is 0 Å². The second-order valence-electron chi connectivity index (χ2n) is 2.62. The van der Waals surface area contributed by atoms with Crippen molar-refractivity contribution in [2.75, 3.05) is 0 Å². The van der Waals surface area contributed by atoms with Crippen LogP contribution in [-0.2, 0) is 0 Å². The first-order valence-electron chi connectivity index (χ1n) is 3.71. The van der Waals surface area contributed by atoms with Gasteiger partial charge in [-0.05, 0) is 12.8 Å². The molecule has 0 aliphatic rings. The second kappa shape index (κ2) is 8.38. The predicted octanol–water partition coefficient (Wildman–Crippen LogP) is 0.880. The first-order valence-corrected chi connectivity index (χ1v) is 3.71. The molecule has 0 aromatic rings. The molecule has 0 spiro atoms. The Bertz CT molecular complexity index is 135. The second-order valence-corrected chi connectivity index (χ2v) is 2.62. The fourth-order valence-corrected chi connectivity index (χ4v) is 0.758. The van der Waals surface area contributed by atoms with Crippen LogP contribution >= 0.6 is 0 Å². The van der Waals surface area contributed by atoms with Crippen LogP contribution in [0, 0.1) is 6.43 Å². The summed E-state index contributed by atoms with van der Waals surface area (Å²) in [5, 5.41) is 0. The van der Waals surface area contributed by atoms with Crippen molar-refractivity contribution in [3.8, 4) is 0 Å². The van der Waals surface area contributed by atoms with Crippen molar-refractivity contribution < 1.29 is 77.7 Å². The van der Waals surface area contributed by atoms with E-state index in [9.17, 15) is 26.3 Å². The van der Waals surface area contributed by atoms with Gasteiger partial charge in [-0.15, -0.1) is 0 Å². The summed E-state index contributed by atoms with van der Waals surface area (Å²) < 4.78 is 69.4. The number of hydrogen-bond donors (Lipinski definition) is 0. The first-order chi connectivity index (χ1) is 5.83. The molecule has 0 nitrogen and oxygen atoms in total. The van der Waals surface area contributed by atoms with E-state index in [0.717, 1.165) is 0 Å². The largest absolute Gasteiger partial charge is 1.00 e. The minimum atomic E-state index is -4.29. The zero-order valence-electron chi connectivity index (χ0n) is 7.67. The maximum absolute atomic E-state index is 12.1. The van der Waals surface area contributed by atoms with E-state index in [-0.39, 0.29) is 64.2 Å². The Morgan fingerprint density at radius 1 is 1.07 bits per heavy atom. The number of halogens is 6. The van der Waals surface area contributed by atoms with Crippen molar-refractivity contribution in [3.63, 3.8) is 0 Å². The summed E-state index contributed by atoms with van der Waals surface area (Å²) in [6, 6.07) is 0. The smallest absolute Gasteiger partial charge is 0.418 e. The molecule has 0 fully saturated rings. The average molecular weight is 246 g/mol. The van der Waals surface area contributed by atoms with E-state index in [0.29, 0.717) is 0 Å². The van der Waals surface area contributed by atoms with Crippen LogP contribution in [0.1, 0.15) is 25.7 Å². The van der Waals surface area contributed by atoms with E-state index in [1.807, 2.05) is 0 Å². The molecule has 0 aliphatic heterocycles. The Balaban J connectivity index is 0.